The van der Waals surface area contributed by atoms with Gasteiger partial charge in [-0.05, 0) is 37.1 Å². The van der Waals surface area contributed by atoms with Gasteiger partial charge in [0.2, 0.25) is 0 Å². The zero-order chi connectivity index (χ0) is 11.8. The Bertz CT molecular complexity index is 385. The zero-order valence-electron chi connectivity index (χ0n) is 9.92. The Morgan fingerprint density at radius 1 is 1.38 bits per heavy atom. The van der Waals surface area contributed by atoms with Crippen molar-refractivity contribution >= 4 is 0 Å². The van der Waals surface area contributed by atoms with Crippen molar-refractivity contribution in [3.63, 3.8) is 0 Å². The molecule has 2 heteroatoms. The van der Waals surface area contributed by atoms with Crippen molar-refractivity contribution in [2.75, 3.05) is 13.2 Å². The summed E-state index contributed by atoms with van der Waals surface area (Å²) in [7, 11) is 0. The minimum Gasteiger partial charge on any atom is -0.493 e. The third-order valence-electron chi connectivity index (χ3n) is 2.24. The Labute approximate surface area is 97.3 Å². The van der Waals surface area contributed by atoms with Gasteiger partial charge in [0, 0.05) is 5.56 Å². The number of hydrogen-bond donors (Lipinski definition) is 1. The van der Waals surface area contributed by atoms with E-state index in [9.17, 15) is 0 Å². The number of aryl methyl sites for hydroxylation is 1. The monoisotopic (exact) mass is 218 g/mol. The molecule has 1 aromatic rings. The maximum absolute atomic E-state index is 8.60. The van der Waals surface area contributed by atoms with Crippen LogP contribution in [0.15, 0.2) is 18.2 Å². The Hall–Kier alpha value is -1.46. The summed E-state index contributed by atoms with van der Waals surface area (Å²) in [6.45, 7) is 4.81. The van der Waals surface area contributed by atoms with Crippen LogP contribution in [0.5, 0.6) is 5.75 Å². The number of rotatable bonds is 4. The van der Waals surface area contributed by atoms with Crippen molar-refractivity contribution < 1.29 is 9.84 Å². The summed E-state index contributed by atoms with van der Waals surface area (Å²) in [5.74, 6) is 6.42. The zero-order valence-corrected chi connectivity index (χ0v) is 9.92. The van der Waals surface area contributed by atoms with Gasteiger partial charge in [0.25, 0.3) is 0 Å². The van der Waals surface area contributed by atoms with Crippen LogP contribution in [0.1, 0.15) is 30.9 Å². The number of benzene rings is 1. The van der Waals surface area contributed by atoms with Crippen molar-refractivity contribution in [1.29, 1.82) is 0 Å². The van der Waals surface area contributed by atoms with E-state index in [0.717, 1.165) is 36.3 Å². The fourth-order valence-corrected chi connectivity index (χ4v) is 1.36. The second kappa shape index (κ2) is 6.92. The summed E-state index contributed by atoms with van der Waals surface area (Å²) >= 11 is 0. The van der Waals surface area contributed by atoms with E-state index in [4.69, 9.17) is 9.84 Å². The van der Waals surface area contributed by atoms with Gasteiger partial charge in [-0.2, -0.15) is 0 Å². The maximum Gasteiger partial charge on any atom is 0.122 e. The molecule has 1 aromatic carbocycles. The van der Waals surface area contributed by atoms with Gasteiger partial charge >= 0.3 is 0 Å². The first-order valence-corrected chi connectivity index (χ1v) is 5.61. The maximum atomic E-state index is 8.60. The third kappa shape index (κ3) is 3.96. The average Bonchev–Trinajstić information content (AvgIpc) is 2.29. The molecule has 2 nitrogen and oxygen atoms in total. The highest BCUT2D eigenvalue weighted by molar-refractivity contribution is 5.43. The Balaban J connectivity index is 2.67. The van der Waals surface area contributed by atoms with Crippen LogP contribution in [0.25, 0.3) is 0 Å². The van der Waals surface area contributed by atoms with Crippen molar-refractivity contribution in [2.24, 2.45) is 0 Å². The van der Waals surface area contributed by atoms with Gasteiger partial charge in [-0.3, -0.25) is 0 Å². The van der Waals surface area contributed by atoms with Crippen LogP contribution in [0.4, 0.5) is 0 Å². The summed E-state index contributed by atoms with van der Waals surface area (Å²) in [4.78, 5) is 0. The fraction of sp³-hybridized carbons (Fsp3) is 0.429. The van der Waals surface area contributed by atoms with Crippen molar-refractivity contribution in [3.8, 4) is 17.6 Å². The molecule has 0 saturated heterocycles. The van der Waals surface area contributed by atoms with E-state index in [2.05, 4.69) is 18.8 Å². The number of aliphatic hydroxyl groups excluding tert-OH is 1. The lowest BCUT2D eigenvalue weighted by Gasteiger charge is -2.08. The van der Waals surface area contributed by atoms with Gasteiger partial charge < -0.3 is 9.84 Å². The van der Waals surface area contributed by atoms with Crippen LogP contribution in [0.3, 0.4) is 0 Å². The largest absolute Gasteiger partial charge is 0.493 e. The van der Waals surface area contributed by atoms with Crippen molar-refractivity contribution in [1.82, 2.24) is 0 Å². The molecule has 0 radical (unpaired) electrons. The highest BCUT2D eigenvalue weighted by atomic mass is 16.5. The lowest BCUT2D eigenvalue weighted by atomic mass is 10.1. The lowest BCUT2D eigenvalue weighted by Crippen LogP contribution is -1.98. The van der Waals surface area contributed by atoms with Crippen LogP contribution in [0.2, 0.25) is 0 Å². The van der Waals surface area contributed by atoms with Gasteiger partial charge in [0.05, 0.1) is 6.61 Å². The standard InChI is InChI=1S/C14H18O2/c1-3-4-10-16-14-8-7-13(6-5-9-15)11-12(14)2/h7-8,11,15H,3-4,9-10H2,1-2H3. The molecule has 0 aliphatic carbocycles. The van der Waals surface area contributed by atoms with Gasteiger partial charge in [-0.1, -0.05) is 25.2 Å². The molecule has 16 heavy (non-hydrogen) atoms. The molecule has 0 amide bonds. The molecule has 1 N–H and O–H groups in total. The van der Waals surface area contributed by atoms with Crippen LogP contribution in [-0.2, 0) is 0 Å². The first-order valence-electron chi connectivity index (χ1n) is 5.61. The van der Waals surface area contributed by atoms with Crippen LogP contribution < -0.4 is 4.74 Å². The van der Waals surface area contributed by atoms with E-state index >= 15 is 0 Å². The minimum atomic E-state index is -0.103. The predicted octanol–water partition coefficient (Wildman–Crippen LogP) is 2.52. The van der Waals surface area contributed by atoms with Crippen LogP contribution in [0, 0.1) is 18.8 Å². The molecule has 86 valence electrons. The summed E-state index contributed by atoms with van der Waals surface area (Å²) in [6, 6.07) is 5.83. The average molecular weight is 218 g/mol. The van der Waals surface area contributed by atoms with E-state index < -0.39 is 0 Å². The molecule has 0 aliphatic heterocycles. The molecular weight excluding hydrogens is 200 g/mol. The van der Waals surface area contributed by atoms with Gasteiger partial charge in [0.1, 0.15) is 12.4 Å². The fourth-order valence-electron chi connectivity index (χ4n) is 1.36. The molecule has 1 rings (SSSR count). The Morgan fingerprint density at radius 2 is 2.19 bits per heavy atom. The first kappa shape index (κ1) is 12.6. The Kier molecular flexibility index (Phi) is 5.45. The summed E-state index contributed by atoms with van der Waals surface area (Å²) in [6.07, 6.45) is 2.21. The van der Waals surface area contributed by atoms with Crippen LogP contribution >= 0.6 is 0 Å². The molecule has 0 fully saturated rings. The Morgan fingerprint density at radius 3 is 2.81 bits per heavy atom. The molecule has 0 bridgehead atoms. The highest BCUT2D eigenvalue weighted by Crippen LogP contribution is 2.18. The molecule has 0 aromatic heterocycles. The smallest absolute Gasteiger partial charge is 0.122 e. The third-order valence-corrected chi connectivity index (χ3v) is 2.24. The van der Waals surface area contributed by atoms with Gasteiger partial charge in [-0.25, -0.2) is 0 Å². The minimum absolute atomic E-state index is 0.103. The van der Waals surface area contributed by atoms with Crippen LogP contribution in [-0.4, -0.2) is 18.3 Å². The molecule has 0 spiro atoms. The molecule has 0 aliphatic rings. The van der Waals surface area contributed by atoms with E-state index in [-0.39, 0.29) is 6.61 Å². The van der Waals surface area contributed by atoms with E-state index in [0.29, 0.717) is 0 Å². The second-order valence-electron chi connectivity index (χ2n) is 3.64. The quantitative estimate of drug-likeness (QED) is 0.621. The number of ether oxygens (including phenoxy) is 1. The molecule has 0 atom stereocenters. The van der Waals surface area contributed by atoms with E-state index in [1.807, 2.05) is 25.1 Å². The number of hydrogen-bond acceptors (Lipinski definition) is 2. The predicted molar refractivity (Wildman–Crippen MR) is 65.5 cm³/mol. The highest BCUT2D eigenvalue weighted by Gasteiger charge is 1.99. The molecule has 0 heterocycles. The van der Waals surface area contributed by atoms with Gasteiger partial charge in [-0.15, -0.1) is 0 Å². The summed E-state index contributed by atoms with van der Waals surface area (Å²) < 4.78 is 5.64. The van der Waals surface area contributed by atoms with Crippen molar-refractivity contribution in [3.05, 3.63) is 29.3 Å². The molecule has 0 unspecified atom stereocenters. The summed E-state index contributed by atoms with van der Waals surface area (Å²) in [5, 5.41) is 8.60. The molecular formula is C14H18O2. The number of unbranched alkanes of at least 4 members (excludes halogenated alkanes) is 1. The topological polar surface area (TPSA) is 29.5 Å². The summed E-state index contributed by atoms with van der Waals surface area (Å²) in [5.41, 5.74) is 2.00. The normalized spacial score (nSPS) is 9.44. The SMILES string of the molecule is CCCCOc1ccc(C#CCO)cc1C. The molecule has 0 saturated carbocycles. The van der Waals surface area contributed by atoms with E-state index in [1.54, 1.807) is 0 Å². The number of aliphatic hydroxyl groups is 1. The van der Waals surface area contributed by atoms with Crippen molar-refractivity contribution in [2.45, 2.75) is 26.7 Å². The first-order chi connectivity index (χ1) is 7.77. The van der Waals surface area contributed by atoms with E-state index in [1.165, 1.54) is 0 Å². The van der Waals surface area contributed by atoms with Gasteiger partial charge in [0.15, 0.2) is 0 Å². The second-order valence-corrected chi connectivity index (χ2v) is 3.64. The lowest BCUT2D eigenvalue weighted by molar-refractivity contribution is 0.307.